The second kappa shape index (κ2) is 5.84. The topological polar surface area (TPSA) is 62.7 Å². The van der Waals surface area contributed by atoms with Gasteiger partial charge in [-0.3, -0.25) is 15.1 Å². The lowest BCUT2D eigenvalue weighted by Crippen LogP contribution is -2.26. The Hall–Kier alpha value is -1.88. The first-order valence-electron chi connectivity index (χ1n) is 6.29. The van der Waals surface area contributed by atoms with E-state index in [0.717, 1.165) is 11.1 Å². The van der Waals surface area contributed by atoms with E-state index >= 15 is 0 Å². The molecular weight excluding hydrogens is 242 g/mol. The standard InChI is InChI=1S/C14H19N3O2/c1-9-4-5-11(10(2)8-9)12-13(18)17-14(16-12)15-6-7-19-3/h4-5,8,12H,6-7H2,1-3H3,(H2,15,16,17,18). The smallest absolute Gasteiger partial charge is 0.253 e. The van der Waals surface area contributed by atoms with E-state index in [1.165, 1.54) is 5.56 Å². The van der Waals surface area contributed by atoms with Crippen molar-refractivity contribution in [2.24, 2.45) is 4.99 Å². The number of aryl methyl sites for hydroxylation is 2. The minimum atomic E-state index is -0.359. The number of nitrogens with zero attached hydrogens (tertiary/aromatic N) is 1. The van der Waals surface area contributed by atoms with E-state index < -0.39 is 0 Å². The maximum atomic E-state index is 12.0. The Labute approximate surface area is 113 Å². The number of carbonyl (C=O) groups is 1. The molecule has 1 saturated heterocycles. The lowest BCUT2D eigenvalue weighted by Gasteiger charge is -2.12. The van der Waals surface area contributed by atoms with Crippen LogP contribution < -0.4 is 10.6 Å². The first-order valence-corrected chi connectivity index (χ1v) is 6.29. The van der Waals surface area contributed by atoms with Crippen molar-refractivity contribution in [3.05, 3.63) is 34.9 Å². The normalized spacial score (nSPS) is 20.5. The van der Waals surface area contributed by atoms with Crippen molar-refractivity contribution in [2.75, 3.05) is 20.3 Å². The zero-order valence-electron chi connectivity index (χ0n) is 11.5. The van der Waals surface area contributed by atoms with Crippen LogP contribution in [0.15, 0.2) is 23.2 Å². The summed E-state index contributed by atoms with van der Waals surface area (Å²) in [5, 5.41) is 5.86. The van der Waals surface area contributed by atoms with Crippen LogP contribution in [0, 0.1) is 13.8 Å². The highest BCUT2D eigenvalue weighted by Crippen LogP contribution is 2.21. The van der Waals surface area contributed by atoms with Gasteiger partial charge in [-0.1, -0.05) is 23.8 Å². The van der Waals surface area contributed by atoms with Crippen LogP contribution >= 0.6 is 0 Å². The summed E-state index contributed by atoms with van der Waals surface area (Å²) in [5.74, 6) is 0.454. The van der Waals surface area contributed by atoms with Crippen molar-refractivity contribution >= 4 is 11.9 Å². The van der Waals surface area contributed by atoms with Crippen LogP contribution in [0.3, 0.4) is 0 Å². The van der Waals surface area contributed by atoms with Crippen molar-refractivity contribution in [2.45, 2.75) is 19.9 Å². The Morgan fingerprint density at radius 2 is 2.16 bits per heavy atom. The minimum Gasteiger partial charge on any atom is -0.383 e. The van der Waals surface area contributed by atoms with E-state index in [1.807, 2.05) is 26.0 Å². The predicted molar refractivity (Wildman–Crippen MR) is 74.1 cm³/mol. The molecule has 1 atom stereocenters. The summed E-state index contributed by atoms with van der Waals surface area (Å²) in [5.41, 5.74) is 3.28. The van der Waals surface area contributed by atoms with E-state index in [4.69, 9.17) is 4.74 Å². The first kappa shape index (κ1) is 13.5. The average Bonchev–Trinajstić information content (AvgIpc) is 2.71. The second-order valence-electron chi connectivity index (χ2n) is 4.65. The fourth-order valence-electron chi connectivity index (χ4n) is 2.13. The van der Waals surface area contributed by atoms with Crippen LogP contribution in [0.25, 0.3) is 0 Å². The molecule has 1 heterocycles. The number of rotatable bonds is 4. The fourth-order valence-corrected chi connectivity index (χ4v) is 2.13. The van der Waals surface area contributed by atoms with Crippen molar-refractivity contribution in [1.29, 1.82) is 0 Å². The summed E-state index contributed by atoms with van der Waals surface area (Å²) in [6, 6.07) is 5.71. The Bertz CT molecular complexity index is 511. The molecule has 0 saturated carbocycles. The second-order valence-corrected chi connectivity index (χ2v) is 4.65. The summed E-state index contributed by atoms with van der Waals surface area (Å²) < 4.78 is 4.92. The van der Waals surface area contributed by atoms with Gasteiger partial charge < -0.3 is 10.1 Å². The third-order valence-electron chi connectivity index (χ3n) is 3.09. The molecule has 5 heteroatoms. The molecule has 1 amide bonds. The van der Waals surface area contributed by atoms with Crippen LogP contribution in [-0.2, 0) is 9.53 Å². The number of hydrogen-bond donors (Lipinski definition) is 2. The Morgan fingerprint density at radius 1 is 1.37 bits per heavy atom. The Morgan fingerprint density at radius 3 is 2.84 bits per heavy atom. The molecule has 1 fully saturated rings. The van der Waals surface area contributed by atoms with Crippen LogP contribution in [-0.4, -0.2) is 32.1 Å². The van der Waals surface area contributed by atoms with Gasteiger partial charge in [-0.15, -0.1) is 0 Å². The summed E-state index contributed by atoms with van der Waals surface area (Å²) in [4.78, 5) is 16.2. The van der Waals surface area contributed by atoms with E-state index in [1.54, 1.807) is 7.11 Å². The van der Waals surface area contributed by atoms with Gasteiger partial charge in [0.2, 0.25) is 0 Å². The van der Waals surface area contributed by atoms with Gasteiger partial charge in [0.25, 0.3) is 5.91 Å². The SMILES string of the molecule is COCCN=C1NC(=O)C(c2ccc(C)cc2C)N1. The molecule has 0 spiro atoms. The number of nitrogens with one attached hydrogen (secondary N) is 2. The van der Waals surface area contributed by atoms with Gasteiger partial charge in [0.15, 0.2) is 5.96 Å². The highest BCUT2D eigenvalue weighted by Gasteiger charge is 2.30. The number of guanidine groups is 1. The quantitative estimate of drug-likeness (QED) is 0.797. The van der Waals surface area contributed by atoms with E-state index in [9.17, 15) is 4.79 Å². The van der Waals surface area contributed by atoms with Crippen LogP contribution in [0.5, 0.6) is 0 Å². The molecule has 5 nitrogen and oxygen atoms in total. The van der Waals surface area contributed by atoms with Gasteiger partial charge in [-0.2, -0.15) is 0 Å². The Balaban J connectivity index is 2.13. The molecule has 1 aromatic rings. The zero-order valence-corrected chi connectivity index (χ0v) is 11.5. The molecule has 1 aliphatic heterocycles. The number of ether oxygens (including phenoxy) is 1. The fraction of sp³-hybridized carbons (Fsp3) is 0.429. The highest BCUT2D eigenvalue weighted by molar-refractivity contribution is 6.06. The van der Waals surface area contributed by atoms with Gasteiger partial charge in [0.05, 0.1) is 13.2 Å². The maximum absolute atomic E-state index is 12.0. The lowest BCUT2D eigenvalue weighted by molar-refractivity contribution is -0.120. The third kappa shape index (κ3) is 3.12. The molecule has 1 unspecified atom stereocenters. The molecule has 1 aliphatic rings. The molecule has 0 aliphatic carbocycles. The van der Waals surface area contributed by atoms with Gasteiger partial charge in [-0.05, 0) is 25.0 Å². The van der Waals surface area contributed by atoms with Gasteiger partial charge in [0.1, 0.15) is 6.04 Å². The monoisotopic (exact) mass is 261 g/mol. The van der Waals surface area contributed by atoms with Crippen molar-refractivity contribution in [3.63, 3.8) is 0 Å². The largest absolute Gasteiger partial charge is 0.383 e. The minimum absolute atomic E-state index is 0.0666. The summed E-state index contributed by atoms with van der Waals surface area (Å²) in [6.07, 6.45) is 0. The van der Waals surface area contributed by atoms with Crippen LogP contribution in [0.1, 0.15) is 22.7 Å². The lowest BCUT2D eigenvalue weighted by atomic mass is 9.99. The molecule has 2 N–H and O–H groups in total. The average molecular weight is 261 g/mol. The predicted octanol–water partition coefficient (Wildman–Crippen LogP) is 1.07. The number of benzene rings is 1. The summed E-state index contributed by atoms with van der Waals surface area (Å²) >= 11 is 0. The number of hydrogen-bond acceptors (Lipinski definition) is 3. The van der Waals surface area contributed by atoms with Gasteiger partial charge in [-0.25, -0.2) is 0 Å². The molecule has 1 aromatic carbocycles. The number of methoxy groups -OCH3 is 1. The van der Waals surface area contributed by atoms with Crippen molar-refractivity contribution < 1.29 is 9.53 Å². The van der Waals surface area contributed by atoms with Crippen molar-refractivity contribution in [1.82, 2.24) is 10.6 Å². The highest BCUT2D eigenvalue weighted by atomic mass is 16.5. The molecular formula is C14H19N3O2. The molecule has 0 radical (unpaired) electrons. The van der Waals surface area contributed by atoms with Gasteiger partial charge in [0, 0.05) is 7.11 Å². The molecule has 0 aromatic heterocycles. The van der Waals surface area contributed by atoms with E-state index in [-0.39, 0.29) is 11.9 Å². The molecule has 102 valence electrons. The summed E-state index contributed by atoms with van der Waals surface area (Å²) in [7, 11) is 1.62. The molecule has 19 heavy (non-hydrogen) atoms. The Kier molecular flexibility index (Phi) is 4.16. The maximum Gasteiger partial charge on any atom is 0.253 e. The van der Waals surface area contributed by atoms with Crippen LogP contribution in [0.2, 0.25) is 0 Å². The van der Waals surface area contributed by atoms with Crippen molar-refractivity contribution in [3.8, 4) is 0 Å². The third-order valence-corrected chi connectivity index (χ3v) is 3.09. The van der Waals surface area contributed by atoms with Crippen LogP contribution in [0.4, 0.5) is 0 Å². The summed E-state index contributed by atoms with van der Waals surface area (Å²) in [6.45, 7) is 5.11. The number of amides is 1. The first-order chi connectivity index (χ1) is 9.11. The zero-order chi connectivity index (χ0) is 13.8. The van der Waals surface area contributed by atoms with E-state index in [0.29, 0.717) is 19.1 Å². The number of aliphatic imine (C=N–C) groups is 1. The molecule has 2 rings (SSSR count). The van der Waals surface area contributed by atoms with Gasteiger partial charge >= 0.3 is 0 Å². The number of carbonyl (C=O) groups excluding carboxylic acids is 1. The molecule has 0 bridgehead atoms. The van der Waals surface area contributed by atoms with E-state index in [2.05, 4.69) is 21.7 Å².